The number of aromatic nitrogens is 1. The van der Waals surface area contributed by atoms with Gasteiger partial charge in [-0.05, 0) is 42.5 Å². The van der Waals surface area contributed by atoms with E-state index in [0.29, 0.717) is 24.6 Å². The Morgan fingerprint density at radius 1 is 1.29 bits per heavy atom. The molecule has 0 fully saturated rings. The molecule has 3 rings (SSSR count). The predicted molar refractivity (Wildman–Crippen MR) is 94.6 cm³/mol. The molecule has 1 aromatic heterocycles. The van der Waals surface area contributed by atoms with Crippen molar-refractivity contribution in [2.75, 3.05) is 32.1 Å². The van der Waals surface area contributed by atoms with Crippen LogP contribution in [0.5, 0.6) is 5.75 Å². The lowest BCUT2D eigenvalue weighted by atomic mass is 9.97. The molecule has 1 aliphatic heterocycles. The van der Waals surface area contributed by atoms with Crippen molar-refractivity contribution in [2.45, 2.75) is 12.8 Å². The average Bonchev–Trinajstić information content (AvgIpc) is 2.81. The number of nitrogens with one attached hydrogen (secondary N) is 1. The van der Waals surface area contributed by atoms with Crippen LogP contribution in [-0.2, 0) is 6.42 Å². The van der Waals surface area contributed by atoms with E-state index >= 15 is 0 Å². The number of carbonyl (C=O) groups is 1. The molecule has 1 unspecified atom stereocenters. The number of benzene rings is 1. The maximum Gasteiger partial charge on any atom is 0.252 e. The third kappa shape index (κ3) is 3.85. The fraction of sp³-hybridized carbons (Fsp3) is 0.368. The monoisotopic (exact) mass is 325 g/mol. The minimum atomic E-state index is -0.0775. The van der Waals surface area contributed by atoms with E-state index in [0.717, 1.165) is 24.4 Å². The Morgan fingerprint density at radius 2 is 2.12 bits per heavy atom. The van der Waals surface area contributed by atoms with E-state index in [1.807, 2.05) is 49.3 Å². The number of amides is 1. The molecular formula is C19H23N3O2. The fourth-order valence-electron chi connectivity index (χ4n) is 2.86. The summed E-state index contributed by atoms with van der Waals surface area (Å²) in [7, 11) is 3.85. The molecule has 5 heteroatoms. The van der Waals surface area contributed by atoms with Gasteiger partial charge in [-0.2, -0.15) is 0 Å². The molecule has 0 bridgehead atoms. The van der Waals surface area contributed by atoms with Crippen molar-refractivity contribution in [2.24, 2.45) is 5.92 Å². The van der Waals surface area contributed by atoms with Crippen LogP contribution in [0, 0.1) is 5.92 Å². The summed E-state index contributed by atoms with van der Waals surface area (Å²) in [6.45, 7) is 1.34. The summed E-state index contributed by atoms with van der Waals surface area (Å²) in [5, 5.41) is 3.03. The molecule has 1 N–H and O–H groups in total. The number of para-hydroxylation sites is 1. The lowest BCUT2D eigenvalue weighted by Crippen LogP contribution is -2.30. The molecule has 1 aromatic carbocycles. The Kier molecular flexibility index (Phi) is 4.99. The van der Waals surface area contributed by atoms with Gasteiger partial charge in [-0.15, -0.1) is 0 Å². The summed E-state index contributed by atoms with van der Waals surface area (Å²) in [6.07, 6.45) is 3.48. The van der Waals surface area contributed by atoms with Crippen molar-refractivity contribution in [1.29, 1.82) is 0 Å². The summed E-state index contributed by atoms with van der Waals surface area (Å²) in [6, 6.07) is 11.8. The van der Waals surface area contributed by atoms with Crippen LogP contribution in [0.2, 0.25) is 0 Å². The first-order valence-electron chi connectivity index (χ1n) is 8.26. The zero-order valence-electron chi connectivity index (χ0n) is 14.2. The number of rotatable bonds is 4. The van der Waals surface area contributed by atoms with E-state index in [9.17, 15) is 4.79 Å². The zero-order chi connectivity index (χ0) is 16.9. The highest BCUT2D eigenvalue weighted by Crippen LogP contribution is 2.26. The highest BCUT2D eigenvalue weighted by atomic mass is 16.5. The molecule has 2 aromatic rings. The molecule has 2 heterocycles. The number of fused-ring (bicyclic) bond motifs is 1. The van der Waals surface area contributed by atoms with Gasteiger partial charge in [0.1, 0.15) is 11.6 Å². The highest BCUT2D eigenvalue weighted by molar-refractivity contribution is 5.94. The lowest BCUT2D eigenvalue weighted by molar-refractivity contribution is 0.0945. The summed E-state index contributed by atoms with van der Waals surface area (Å²) >= 11 is 0. The molecular weight excluding hydrogens is 302 g/mol. The van der Waals surface area contributed by atoms with Gasteiger partial charge >= 0.3 is 0 Å². The third-order valence-corrected chi connectivity index (χ3v) is 4.28. The van der Waals surface area contributed by atoms with E-state index in [2.05, 4.69) is 16.4 Å². The molecule has 0 radical (unpaired) electrons. The summed E-state index contributed by atoms with van der Waals surface area (Å²) in [4.78, 5) is 18.5. The second-order valence-electron chi connectivity index (χ2n) is 6.32. The van der Waals surface area contributed by atoms with Crippen LogP contribution < -0.4 is 15.0 Å². The minimum absolute atomic E-state index is 0.0775. The first-order chi connectivity index (χ1) is 11.6. The van der Waals surface area contributed by atoms with Crippen molar-refractivity contribution in [3.05, 3.63) is 53.7 Å². The quantitative estimate of drug-likeness (QED) is 0.938. The molecule has 24 heavy (non-hydrogen) atoms. The van der Waals surface area contributed by atoms with Gasteiger partial charge < -0.3 is 15.0 Å². The van der Waals surface area contributed by atoms with E-state index in [-0.39, 0.29) is 5.91 Å². The van der Waals surface area contributed by atoms with E-state index in [1.54, 1.807) is 6.20 Å². The average molecular weight is 325 g/mol. The van der Waals surface area contributed by atoms with Gasteiger partial charge in [0.2, 0.25) is 0 Å². The Bertz CT molecular complexity index is 698. The van der Waals surface area contributed by atoms with E-state index in [1.165, 1.54) is 5.56 Å². The number of nitrogens with zero attached hydrogens (tertiary/aromatic N) is 2. The Balaban J connectivity index is 1.58. The summed E-state index contributed by atoms with van der Waals surface area (Å²) < 4.78 is 5.78. The smallest absolute Gasteiger partial charge is 0.252 e. The predicted octanol–water partition coefficient (Wildman–Crippen LogP) is 2.52. The minimum Gasteiger partial charge on any atom is -0.493 e. The van der Waals surface area contributed by atoms with Crippen LogP contribution >= 0.6 is 0 Å². The summed E-state index contributed by atoms with van der Waals surface area (Å²) in [5.74, 6) is 2.11. The molecule has 126 valence electrons. The highest BCUT2D eigenvalue weighted by Gasteiger charge is 2.18. The van der Waals surface area contributed by atoms with Crippen LogP contribution in [0.15, 0.2) is 42.6 Å². The first-order valence-corrected chi connectivity index (χ1v) is 8.26. The molecule has 0 aliphatic carbocycles. The standard InChI is InChI=1S/C19H23N3O2/c1-22(2)18-8-7-16(13-20-18)19(23)21-12-14-9-10-24-17-6-4-3-5-15(17)11-14/h3-8,13-14H,9-12H2,1-2H3,(H,21,23). The number of ether oxygens (including phenoxy) is 1. The normalized spacial score (nSPS) is 16.5. The number of hydrogen-bond acceptors (Lipinski definition) is 4. The molecule has 5 nitrogen and oxygen atoms in total. The van der Waals surface area contributed by atoms with E-state index < -0.39 is 0 Å². The SMILES string of the molecule is CN(C)c1ccc(C(=O)NCC2CCOc3ccccc3C2)cn1. The van der Waals surface area contributed by atoms with Crippen molar-refractivity contribution in [1.82, 2.24) is 10.3 Å². The second-order valence-corrected chi connectivity index (χ2v) is 6.32. The van der Waals surface area contributed by atoms with Crippen LogP contribution in [0.4, 0.5) is 5.82 Å². The molecule has 0 spiro atoms. The zero-order valence-corrected chi connectivity index (χ0v) is 14.2. The Hall–Kier alpha value is -2.56. The number of carbonyl (C=O) groups excluding carboxylic acids is 1. The topological polar surface area (TPSA) is 54.5 Å². The summed E-state index contributed by atoms with van der Waals surface area (Å²) in [5.41, 5.74) is 1.80. The molecule has 1 atom stereocenters. The molecule has 1 aliphatic rings. The van der Waals surface area contributed by atoms with Gasteiger partial charge in [-0.3, -0.25) is 4.79 Å². The van der Waals surface area contributed by atoms with Crippen LogP contribution in [0.1, 0.15) is 22.3 Å². The van der Waals surface area contributed by atoms with Gasteiger partial charge in [0.05, 0.1) is 12.2 Å². The van der Waals surface area contributed by atoms with Crippen molar-refractivity contribution < 1.29 is 9.53 Å². The van der Waals surface area contributed by atoms with Crippen LogP contribution in [-0.4, -0.2) is 38.1 Å². The first kappa shape index (κ1) is 16.3. The van der Waals surface area contributed by atoms with E-state index in [4.69, 9.17) is 4.74 Å². The maximum atomic E-state index is 12.3. The van der Waals surface area contributed by atoms with Gasteiger partial charge in [-0.1, -0.05) is 18.2 Å². The molecule has 0 saturated heterocycles. The lowest BCUT2D eigenvalue weighted by Gasteiger charge is -2.15. The number of hydrogen-bond donors (Lipinski definition) is 1. The molecule has 1 amide bonds. The third-order valence-electron chi connectivity index (χ3n) is 4.28. The van der Waals surface area contributed by atoms with Crippen molar-refractivity contribution in [3.63, 3.8) is 0 Å². The number of pyridine rings is 1. The Labute approximate surface area is 142 Å². The van der Waals surface area contributed by atoms with Crippen molar-refractivity contribution in [3.8, 4) is 5.75 Å². The van der Waals surface area contributed by atoms with Crippen LogP contribution in [0.25, 0.3) is 0 Å². The van der Waals surface area contributed by atoms with Gasteiger partial charge in [0, 0.05) is 26.8 Å². The largest absolute Gasteiger partial charge is 0.493 e. The molecule has 0 saturated carbocycles. The maximum absolute atomic E-state index is 12.3. The van der Waals surface area contributed by atoms with Crippen molar-refractivity contribution >= 4 is 11.7 Å². The van der Waals surface area contributed by atoms with Crippen LogP contribution in [0.3, 0.4) is 0 Å². The van der Waals surface area contributed by atoms with Gasteiger partial charge in [0.15, 0.2) is 0 Å². The Morgan fingerprint density at radius 3 is 2.88 bits per heavy atom. The number of anilines is 1. The van der Waals surface area contributed by atoms with Gasteiger partial charge in [-0.25, -0.2) is 4.98 Å². The van der Waals surface area contributed by atoms with Gasteiger partial charge in [0.25, 0.3) is 5.91 Å². The second kappa shape index (κ2) is 7.34. The fourth-order valence-corrected chi connectivity index (χ4v) is 2.86.